The molecule has 0 spiro atoms. The van der Waals surface area contributed by atoms with Crippen LogP contribution in [0.1, 0.15) is 10.4 Å². The average Bonchev–Trinajstić information content (AvgIpc) is 2.36. The Morgan fingerprint density at radius 1 is 1.14 bits per heavy atom. The van der Waals surface area contributed by atoms with Crippen LogP contribution in [0.4, 0.5) is 11.4 Å². The van der Waals surface area contributed by atoms with Crippen LogP contribution >= 0.6 is 23.2 Å². The van der Waals surface area contributed by atoms with Crippen LogP contribution in [0.5, 0.6) is 5.75 Å². The lowest BCUT2D eigenvalue weighted by molar-refractivity contribution is -0.385. The summed E-state index contributed by atoms with van der Waals surface area (Å²) in [5, 5.41) is 23.3. The third-order valence-electron chi connectivity index (χ3n) is 2.54. The van der Waals surface area contributed by atoms with Crippen molar-refractivity contribution in [1.82, 2.24) is 0 Å². The summed E-state index contributed by atoms with van der Waals surface area (Å²) in [7, 11) is 0. The molecule has 108 valence electrons. The van der Waals surface area contributed by atoms with Crippen molar-refractivity contribution in [3.63, 3.8) is 0 Å². The van der Waals surface area contributed by atoms with Gasteiger partial charge in [0.15, 0.2) is 0 Å². The van der Waals surface area contributed by atoms with Crippen LogP contribution in [-0.4, -0.2) is 15.9 Å². The second-order valence-corrected chi connectivity index (χ2v) is 4.94. The monoisotopic (exact) mass is 326 g/mol. The highest BCUT2D eigenvalue weighted by molar-refractivity contribution is 6.35. The third kappa shape index (κ3) is 3.62. The molecule has 0 aromatic heterocycles. The van der Waals surface area contributed by atoms with Crippen LogP contribution in [-0.2, 0) is 0 Å². The molecule has 0 aliphatic rings. The Hall–Kier alpha value is -2.31. The van der Waals surface area contributed by atoms with Crippen molar-refractivity contribution in [2.75, 3.05) is 5.32 Å². The lowest BCUT2D eigenvalue weighted by Crippen LogP contribution is -2.13. The number of nitro benzene ring substituents is 1. The topological polar surface area (TPSA) is 92.5 Å². The number of nitrogens with zero attached hydrogens (tertiary/aromatic N) is 1. The Morgan fingerprint density at radius 3 is 2.33 bits per heavy atom. The van der Waals surface area contributed by atoms with Crippen molar-refractivity contribution in [1.29, 1.82) is 0 Å². The lowest BCUT2D eigenvalue weighted by Gasteiger charge is -2.07. The normalized spacial score (nSPS) is 10.2. The van der Waals surface area contributed by atoms with E-state index in [0.717, 1.165) is 18.2 Å². The highest BCUT2D eigenvalue weighted by Gasteiger charge is 2.21. The largest absolute Gasteiger partial charge is 0.508 e. The smallest absolute Gasteiger partial charge is 0.282 e. The van der Waals surface area contributed by atoms with Gasteiger partial charge in [-0.3, -0.25) is 14.9 Å². The number of amides is 1. The van der Waals surface area contributed by atoms with Gasteiger partial charge in [0.1, 0.15) is 11.3 Å². The quantitative estimate of drug-likeness (QED) is 0.661. The van der Waals surface area contributed by atoms with E-state index >= 15 is 0 Å². The van der Waals surface area contributed by atoms with Crippen LogP contribution in [0.3, 0.4) is 0 Å². The van der Waals surface area contributed by atoms with Crippen LogP contribution in [0.25, 0.3) is 0 Å². The highest BCUT2D eigenvalue weighted by atomic mass is 35.5. The molecule has 0 atom stereocenters. The van der Waals surface area contributed by atoms with Gasteiger partial charge in [-0.25, -0.2) is 0 Å². The average molecular weight is 327 g/mol. The number of aromatic hydroxyl groups is 1. The molecule has 8 heteroatoms. The molecule has 0 aliphatic heterocycles. The van der Waals surface area contributed by atoms with Gasteiger partial charge in [-0.05, 0) is 30.3 Å². The summed E-state index contributed by atoms with van der Waals surface area (Å²) in [5.41, 5.74) is -0.398. The number of halogens is 2. The van der Waals surface area contributed by atoms with Crippen molar-refractivity contribution in [2.45, 2.75) is 0 Å². The maximum atomic E-state index is 12.1. The van der Waals surface area contributed by atoms with E-state index in [4.69, 9.17) is 23.2 Å². The predicted molar refractivity (Wildman–Crippen MR) is 79.2 cm³/mol. The summed E-state index contributed by atoms with van der Waals surface area (Å²) < 4.78 is 0. The Kier molecular flexibility index (Phi) is 4.30. The molecule has 0 saturated carbocycles. The first-order valence-electron chi connectivity index (χ1n) is 5.61. The first kappa shape index (κ1) is 15.1. The molecule has 0 fully saturated rings. The number of benzene rings is 2. The van der Waals surface area contributed by atoms with Gasteiger partial charge in [-0.15, -0.1) is 0 Å². The fourth-order valence-electron chi connectivity index (χ4n) is 1.69. The minimum atomic E-state index is -0.754. The van der Waals surface area contributed by atoms with Crippen LogP contribution in [0.2, 0.25) is 10.0 Å². The molecule has 6 nitrogen and oxygen atoms in total. The van der Waals surface area contributed by atoms with Crippen LogP contribution in [0.15, 0.2) is 36.4 Å². The number of rotatable bonds is 3. The minimum absolute atomic E-state index is 0.255. The molecule has 0 heterocycles. The molecule has 21 heavy (non-hydrogen) atoms. The molecule has 1 amide bonds. The molecule has 2 aromatic carbocycles. The summed E-state index contributed by atoms with van der Waals surface area (Å²) >= 11 is 11.6. The zero-order chi connectivity index (χ0) is 15.6. The standard InChI is InChI=1S/C13H8Cl2N2O4/c14-7-3-8(15)5-9(4-7)16-13(19)11-6-10(18)1-2-12(11)17(20)21/h1-6,18H,(H,16,19). The van der Waals surface area contributed by atoms with Gasteiger partial charge in [0.05, 0.1) is 4.92 Å². The first-order chi connectivity index (χ1) is 9.86. The summed E-state index contributed by atoms with van der Waals surface area (Å²) in [5.74, 6) is -1.01. The number of carbonyl (C=O) groups is 1. The van der Waals surface area contributed by atoms with E-state index in [1.807, 2.05) is 0 Å². The van der Waals surface area contributed by atoms with Crippen molar-refractivity contribution in [3.05, 3.63) is 62.1 Å². The maximum absolute atomic E-state index is 12.1. The molecule has 0 bridgehead atoms. The third-order valence-corrected chi connectivity index (χ3v) is 2.98. The fraction of sp³-hybridized carbons (Fsp3) is 0. The van der Waals surface area contributed by atoms with E-state index in [2.05, 4.69) is 5.32 Å². The molecule has 0 saturated heterocycles. The molecule has 0 aliphatic carbocycles. The van der Waals surface area contributed by atoms with E-state index in [0.29, 0.717) is 10.0 Å². The molecule has 0 unspecified atom stereocenters. The van der Waals surface area contributed by atoms with Crippen molar-refractivity contribution >= 4 is 40.5 Å². The number of nitrogens with one attached hydrogen (secondary N) is 1. The Balaban J connectivity index is 2.36. The summed E-state index contributed by atoms with van der Waals surface area (Å²) in [4.78, 5) is 22.3. The SMILES string of the molecule is O=C(Nc1cc(Cl)cc(Cl)c1)c1cc(O)ccc1[N+](=O)[O-]. The van der Waals surface area contributed by atoms with Gasteiger partial charge >= 0.3 is 0 Å². The van der Waals surface area contributed by atoms with Crippen molar-refractivity contribution in [2.24, 2.45) is 0 Å². The van der Waals surface area contributed by atoms with Crippen molar-refractivity contribution < 1.29 is 14.8 Å². The number of phenolic OH excluding ortho intramolecular Hbond substituents is 1. The van der Waals surface area contributed by atoms with E-state index in [1.165, 1.54) is 18.2 Å². The fourth-order valence-corrected chi connectivity index (χ4v) is 2.22. The van der Waals surface area contributed by atoms with E-state index in [1.54, 1.807) is 0 Å². The van der Waals surface area contributed by atoms with Gasteiger partial charge in [0.2, 0.25) is 0 Å². The van der Waals surface area contributed by atoms with E-state index < -0.39 is 16.5 Å². The zero-order valence-corrected chi connectivity index (χ0v) is 11.9. The molecule has 2 rings (SSSR count). The predicted octanol–water partition coefficient (Wildman–Crippen LogP) is 3.86. The molecule has 2 aromatic rings. The number of phenols is 1. The molecular weight excluding hydrogens is 319 g/mol. The number of hydrogen-bond donors (Lipinski definition) is 2. The van der Waals surface area contributed by atoms with Gasteiger partial charge in [0, 0.05) is 21.8 Å². The second-order valence-electron chi connectivity index (χ2n) is 4.07. The Labute approximate surface area is 129 Å². The number of nitro groups is 1. The maximum Gasteiger partial charge on any atom is 0.282 e. The summed E-state index contributed by atoms with van der Waals surface area (Å²) in [6.07, 6.45) is 0. The lowest BCUT2D eigenvalue weighted by atomic mass is 10.1. The van der Waals surface area contributed by atoms with E-state index in [9.17, 15) is 20.0 Å². The van der Waals surface area contributed by atoms with Gasteiger partial charge < -0.3 is 10.4 Å². The Bertz CT molecular complexity index is 714. The van der Waals surface area contributed by atoms with E-state index in [-0.39, 0.29) is 17.0 Å². The molecular formula is C13H8Cl2N2O4. The van der Waals surface area contributed by atoms with Gasteiger partial charge in [-0.2, -0.15) is 0 Å². The van der Waals surface area contributed by atoms with Gasteiger partial charge in [-0.1, -0.05) is 23.2 Å². The summed E-state index contributed by atoms with van der Waals surface area (Å²) in [6.45, 7) is 0. The van der Waals surface area contributed by atoms with Crippen molar-refractivity contribution in [3.8, 4) is 5.75 Å². The first-order valence-corrected chi connectivity index (χ1v) is 6.37. The number of hydrogen-bond acceptors (Lipinski definition) is 4. The van der Waals surface area contributed by atoms with Crippen LogP contribution < -0.4 is 5.32 Å². The summed E-state index contributed by atoms with van der Waals surface area (Å²) in [6, 6.07) is 7.56. The number of carbonyl (C=O) groups excluding carboxylic acids is 1. The molecule has 2 N–H and O–H groups in total. The highest BCUT2D eigenvalue weighted by Crippen LogP contribution is 2.26. The molecule has 0 radical (unpaired) electrons. The second kappa shape index (κ2) is 5.99. The number of anilines is 1. The zero-order valence-electron chi connectivity index (χ0n) is 10.3. The Morgan fingerprint density at radius 2 is 1.76 bits per heavy atom. The minimum Gasteiger partial charge on any atom is -0.508 e. The van der Waals surface area contributed by atoms with Crippen LogP contribution in [0, 0.1) is 10.1 Å². The van der Waals surface area contributed by atoms with Gasteiger partial charge in [0.25, 0.3) is 11.6 Å².